The Kier molecular flexibility index (Phi) is 6.14. The van der Waals surface area contributed by atoms with Crippen LogP contribution in [-0.4, -0.2) is 59.2 Å². The number of nitrogens with one attached hydrogen (secondary N) is 2. The number of hydrogen-bond donors (Lipinski definition) is 2. The summed E-state index contributed by atoms with van der Waals surface area (Å²) < 4.78 is 1.85. The van der Waals surface area contributed by atoms with E-state index in [2.05, 4.69) is 20.6 Å². The molecule has 1 aliphatic rings. The fraction of sp³-hybridized carbons (Fsp3) is 0.476. The topological polar surface area (TPSA) is 79.3 Å². The largest absolute Gasteiger partial charge is 0.359 e. The molecule has 0 radical (unpaired) electrons. The zero-order chi connectivity index (χ0) is 20.3. The molecular weight excluding hydrogens is 354 g/mol. The monoisotopic (exact) mass is 383 g/mol. The van der Waals surface area contributed by atoms with E-state index in [0.717, 1.165) is 29.9 Å². The molecule has 0 aliphatic carbocycles. The van der Waals surface area contributed by atoms with Crippen molar-refractivity contribution in [3.8, 4) is 5.69 Å². The number of rotatable bonds is 6. The Balaban J connectivity index is 1.61. The van der Waals surface area contributed by atoms with Crippen molar-refractivity contribution in [2.45, 2.75) is 45.2 Å². The number of carbonyl (C=O) groups is 2. The van der Waals surface area contributed by atoms with E-state index < -0.39 is 0 Å². The van der Waals surface area contributed by atoms with Crippen molar-refractivity contribution in [1.82, 2.24) is 25.3 Å². The molecule has 0 saturated carbocycles. The molecule has 0 spiro atoms. The quantitative estimate of drug-likeness (QED) is 0.798. The van der Waals surface area contributed by atoms with E-state index in [1.165, 1.54) is 0 Å². The maximum absolute atomic E-state index is 12.7. The van der Waals surface area contributed by atoms with Crippen LogP contribution >= 0.6 is 0 Å². The third-order valence-electron chi connectivity index (χ3n) is 5.55. The van der Waals surface area contributed by atoms with Crippen LogP contribution in [0, 0.1) is 13.8 Å². The molecule has 1 aromatic carbocycles. The van der Waals surface area contributed by atoms with Crippen LogP contribution in [0.3, 0.4) is 0 Å². The second-order valence-electron chi connectivity index (χ2n) is 7.53. The Morgan fingerprint density at radius 2 is 1.93 bits per heavy atom. The smallest absolute Gasteiger partial charge is 0.251 e. The standard InChI is InChI=1S/C21H29N5O2/c1-14-10-15(2)26(24-14)18-7-5-6-16(11-18)21(28)23-13-19-9-8-17(25(19)4)12-20(27)22-3/h5-7,10-11,17,19H,8-9,12-13H2,1-4H3,(H,22,27)(H,23,28)/t17-,19+/m1/s1. The summed E-state index contributed by atoms with van der Waals surface area (Å²) in [6.45, 7) is 4.52. The van der Waals surface area contributed by atoms with Gasteiger partial charge in [-0.2, -0.15) is 5.10 Å². The van der Waals surface area contributed by atoms with E-state index >= 15 is 0 Å². The number of benzene rings is 1. The van der Waals surface area contributed by atoms with Crippen LogP contribution in [0.25, 0.3) is 5.69 Å². The van der Waals surface area contributed by atoms with Crippen molar-refractivity contribution in [2.24, 2.45) is 0 Å². The van der Waals surface area contributed by atoms with Crippen molar-refractivity contribution in [3.63, 3.8) is 0 Å². The fourth-order valence-electron chi connectivity index (χ4n) is 3.88. The van der Waals surface area contributed by atoms with Gasteiger partial charge in [0.05, 0.1) is 11.4 Å². The lowest BCUT2D eigenvalue weighted by molar-refractivity contribution is -0.121. The second-order valence-corrected chi connectivity index (χ2v) is 7.53. The number of likely N-dealkylation sites (N-methyl/N-ethyl adjacent to an activating group) is 1. The zero-order valence-corrected chi connectivity index (χ0v) is 17.0. The molecule has 1 aliphatic heterocycles. The van der Waals surface area contributed by atoms with Gasteiger partial charge in [-0.05, 0) is 58.0 Å². The summed E-state index contributed by atoms with van der Waals surface area (Å²) in [6, 6.07) is 10.00. The first-order valence-corrected chi connectivity index (χ1v) is 9.73. The Hall–Kier alpha value is -2.67. The molecule has 0 unspecified atom stereocenters. The van der Waals surface area contributed by atoms with Crippen molar-refractivity contribution in [1.29, 1.82) is 0 Å². The highest BCUT2D eigenvalue weighted by Gasteiger charge is 2.31. The number of aryl methyl sites for hydroxylation is 2. The van der Waals surface area contributed by atoms with E-state index in [9.17, 15) is 9.59 Å². The summed E-state index contributed by atoms with van der Waals surface area (Å²) in [4.78, 5) is 26.5. The molecule has 2 heterocycles. The Bertz CT molecular complexity index is 860. The molecule has 7 nitrogen and oxygen atoms in total. The van der Waals surface area contributed by atoms with Gasteiger partial charge in [0, 0.05) is 43.4 Å². The minimum atomic E-state index is -0.0912. The lowest BCUT2D eigenvalue weighted by atomic mass is 10.1. The number of likely N-dealkylation sites (tertiary alicyclic amines) is 1. The molecule has 2 aromatic rings. The maximum atomic E-state index is 12.7. The zero-order valence-electron chi connectivity index (χ0n) is 17.0. The van der Waals surface area contributed by atoms with Crippen LogP contribution in [0.15, 0.2) is 30.3 Å². The molecule has 1 aromatic heterocycles. The molecule has 2 atom stereocenters. The lowest BCUT2D eigenvalue weighted by Gasteiger charge is -2.25. The van der Waals surface area contributed by atoms with Gasteiger partial charge in [-0.25, -0.2) is 4.68 Å². The van der Waals surface area contributed by atoms with Gasteiger partial charge in [-0.15, -0.1) is 0 Å². The van der Waals surface area contributed by atoms with Gasteiger partial charge >= 0.3 is 0 Å². The van der Waals surface area contributed by atoms with Gasteiger partial charge in [0.15, 0.2) is 0 Å². The highest BCUT2D eigenvalue weighted by atomic mass is 16.2. The number of aromatic nitrogens is 2. The Morgan fingerprint density at radius 1 is 1.18 bits per heavy atom. The van der Waals surface area contributed by atoms with Gasteiger partial charge in [0.2, 0.25) is 5.91 Å². The molecule has 0 bridgehead atoms. The average Bonchev–Trinajstić information content (AvgIpc) is 3.21. The number of amides is 2. The van der Waals surface area contributed by atoms with Gasteiger partial charge in [-0.1, -0.05) is 6.07 Å². The Morgan fingerprint density at radius 3 is 2.61 bits per heavy atom. The normalized spacial score (nSPS) is 19.6. The van der Waals surface area contributed by atoms with Gasteiger partial charge in [-0.3, -0.25) is 14.5 Å². The Labute approximate surface area is 166 Å². The van der Waals surface area contributed by atoms with E-state index in [0.29, 0.717) is 18.5 Å². The summed E-state index contributed by atoms with van der Waals surface area (Å²) in [5, 5.41) is 10.2. The summed E-state index contributed by atoms with van der Waals surface area (Å²) >= 11 is 0. The minimum Gasteiger partial charge on any atom is -0.359 e. The lowest BCUT2D eigenvalue weighted by Crippen LogP contribution is -2.42. The van der Waals surface area contributed by atoms with E-state index in [1.54, 1.807) is 7.05 Å². The van der Waals surface area contributed by atoms with Crippen LogP contribution < -0.4 is 10.6 Å². The third-order valence-corrected chi connectivity index (χ3v) is 5.55. The highest BCUT2D eigenvalue weighted by Crippen LogP contribution is 2.24. The molecule has 1 saturated heterocycles. The molecular formula is C21H29N5O2. The molecule has 2 amide bonds. The molecule has 150 valence electrons. The van der Waals surface area contributed by atoms with E-state index in [1.807, 2.05) is 55.9 Å². The third kappa shape index (κ3) is 4.42. The SMILES string of the molecule is CNC(=O)C[C@H]1CC[C@@H](CNC(=O)c2cccc(-n3nc(C)cc3C)c2)N1C. The highest BCUT2D eigenvalue weighted by molar-refractivity contribution is 5.94. The molecule has 7 heteroatoms. The average molecular weight is 383 g/mol. The van der Waals surface area contributed by atoms with Crippen LogP contribution in [0.1, 0.15) is 41.0 Å². The molecule has 1 fully saturated rings. The van der Waals surface area contributed by atoms with Crippen molar-refractivity contribution < 1.29 is 9.59 Å². The number of nitrogens with zero attached hydrogens (tertiary/aromatic N) is 3. The molecule has 3 rings (SSSR count). The summed E-state index contributed by atoms with van der Waals surface area (Å²) in [7, 11) is 3.69. The van der Waals surface area contributed by atoms with Gasteiger partial charge in [0.25, 0.3) is 5.91 Å². The van der Waals surface area contributed by atoms with E-state index in [4.69, 9.17) is 0 Å². The summed E-state index contributed by atoms with van der Waals surface area (Å²) in [6.07, 6.45) is 2.45. The first kappa shape index (κ1) is 20.1. The van der Waals surface area contributed by atoms with Crippen LogP contribution in [0.2, 0.25) is 0 Å². The van der Waals surface area contributed by atoms with Crippen molar-refractivity contribution >= 4 is 11.8 Å². The number of hydrogen-bond acceptors (Lipinski definition) is 4. The molecule has 28 heavy (non-hydrogen) atoms. The fourth-order valence-corrected chi connectivity index (χ4v) is 3.88. The maximum Gasteiger partial charge on any atom is 0.251 e. The predicted molar refractivity (Wildman–Crippen MR) is 109 cm³/mol. The van der Waals surface area contributed by atoms with Crippen molar-refractivity contribution in [2.75, 3.05) is 20.6 Å². The van der Waals surface area contributed by atoms with Gasteiger partial charge < -0.3 is 10.6 Å². The molecule has 2 N–H and O–H groups in total. The van der Waals surface area contributed by atoms with E-state index in [-0.39, 0.29) is 23.9 Å². The summed E-state index contributed by atoms with van der Waals surface area (Å²) in [5.74, 6) is -0.0333. The first-order valence-electron chi connectivity index (χ1n) is 9.73. The van der Waals surface area contributed by atoms with Crippen LogP contribution in [0.4, 0.5) is 0 Å². The van der Waals surface area contributed by atoms with Crippen LogP contribution in [0.5, 0.6) is 0 Å². The van der Waals surface area contributed by atoms with Crippen molar-refractivity contribution in [3.05, 3.63) is 47.3 Å². The second kappa shape index (κ2) is 8.56. The van der Waals surface area contributed by atoms with Gasteiger partial charge in [0.1, 0.15) is 0 Å². The summed E-state index contributed by atoms with van der Waals surface area (Å²) in [5.41, 5.74) is 3.47. The van der Waals surface area contributed by atoms with Crippen LogP contribution in [-0.2, 0) is 4.79 Å². The predicted octanol–water partition coefficient (Wildman–Crippen LogP) is 1.82. The number of carbonyl (C=O) groups excluding carboxylic acids is 2. The minimum absolute atomic E-state index is 0.0579. The first-order chi connectivity index (χ1) is 13.4.